The number of rotatable bonds is 6. The van der Waals surface area contributed by atoms with Gasteiger partial charge in [0, 0.05) is 18.0 Å². The van der Waals surface area contributed by atoms with Gasteiger partial charge in [0.05, 0.1) is 18.7 Å². The highest BCUT2D eigenvalue weighted by molar-refractivity contribution is 5.97. The molecule has 0 aliphatic rings. The number of hydrogen-bond donors (Lipinski definition) is 2. The SMILES string of the molecule is CC[C@H](C)[C@H](N)C(=O)n1cc(C[C@H](N)C(=O)OC)c2ccccc21. The van der Waals surface area contributed by atoms with Crippen molar-refractivity contribution in [3.05, 3.63) is 36.0 Å². The molecule has 0 aliphatic heterocycles. The van der Waals surface area contributed by atoms with Crippen molar-refractivity contribution in [2.45, 2.75) is 38.8 Å². The van der Waals surface area contributed by atoms with Gasteiger partial charge in [-0.2, -0.15) is 0 Å². The van der Waals surface area contributed by atoms with Crippen LogP contribution in [0.4, 0.5) is 0 Å². The number of methoxy groups -OCH3 is 1. The molecule has 0 unspecified atom stereocenters. The zero-order valence-corrected chi connectivity index (χ0v) is 14.4. The van der Waals surface area contributed by atoms with E-state index in [1.807, 2.05) is 38.1 Å². The summed E-state index contributed by atoms with van der Waals surface area (Å²) in [6.07, 6.45) is 2.86. The topological polar surface area (TPSA) is 100 Å². The summed E-state index contributed by atoms with van der Waals surface area (Å²) in [5.41, 5.74) is 13.6. The Hall–Kier alpha value is -2.18. The van der Waals surface area contributed by atoms with Crippen molar-refractivity contribution < 1.29 is 14.3 Å². The fourth-order valence-corrected chi connectivity index (χ4v) is 2.72. The van der Waals surface area contributed by atoms with Crippen LogP contribution < -0.4 is 11.5 Å². The molecular weight excluding hydrogens is 306 g/mol. The monoisotopic (exact) mass is 331 g/mol. The second kappa shape index (κ2) is 7.59. The average molecular weight is 331 g/mol. The van der Waals surface area contributed by atoms with E-state index < -0.39 is 18.1 Å². The average Bonchev–Trinajstić information content (AvgIpc) is 2.97. The summed E-state index contributed by atoms with van der Waals surface area (Å²) in [4.78, 5) is 24.4. The third-order valence-electron chi connectivity index (χ3n) is 4.52. The third kappa shape index (κ3) is 3.49. The first-order chi connectivity index (χ1) is 11.4. The molecule has 6 heteroatoms. The maximum atomic E-state index is 12.8. The molecule has 0 saturated heterocycles. The van der Waals surface area contributed by atoms with Gasteiger partial charge < -0.3 is 16.2 Å². The molecule has 130 valence electrons. The lowest BCUT2D eigenvalue weighted by Gasteiger charge is -2.17. The molecule has 0 radical (unpaired) electrons. The van der Waals surface area contributed by atoms with Crippen molar-refractivity contribution in [1.82, 2.24) is 4.57 Å². The summed E-state index contributed by atoms with van der Waals surface area (Å²) < 4.78 is 6.25. The quantitative estimate of drug-likeness (QED) is 0.785. The van der Waals surface area contributed by atoms with Gasteiger partial charge in [-0.1, -0.05) is 38.5 Å². The van der Waals surface area contributed by atoms with Crippen LogP contribution in [-0.4, -0.2) is 35.6 Å². The predicted octanol–water partition coefficient (Wildman–Crippen LogP) is 1.70. The van der Waals surface area contributed by atoms with Crippen molar-refractivity contribution in [2.75, 3.05) is 7.11 Å². The molecule has 2 aromatic rings. The van der Waals surface area contributed by atoms with E-state index in [-0.39, 0.29) is 11.8 Å². The highest BCUT2D eigenvalue weighted by atomic mass is 16.5. The van der Waals surface area contributed by atoms with E-state index in [9.17, 15) is 9.59 Å². The maximum Gasteiger partial charge on any atom is 0.322 e. The molecule has 1 heterocycles. The van der Waals surface area contributed by atoms with E-state index in [4.69, 9.17) is 11.5 Å². The van der Waals surface area contributed by atoms with E-state index in [1.165, 1.54) is 7.11 Å². The van der Waals surface area contributed by atoms with Crippen LogP contribution in [0.5, 0.6) is 0 Å². The Bertz CT molecular complexity index is 738. The molecule has 1 aromatic heterocycles. The van der Waals surface area contributed by atoms with Gasteiger partial charge in [-0.05, 0) is 17.5 Å². The Morgan fingerprint density at radius 1 is 1.25 bits per heavy atom. The molecule has 2 rings (SSSR count). The van der Waals surface area contributed by atoms with Crippen LogP contribution in [0.2, 0.25) is 0 Å². The minimum Gasteiger partial charge on any atom is -0.468 e. The number of nitrogens with two attached hydrogens (primary N) is 2. The van der Waals surface area contributed by atoms with E-state index in [2.05, 4.69) is 4.74 Å². The lowest BCUT2D eigenvalue weighted by molar-refractivity contribution is -0.142. The molecule has 24 heavy (non-hydrogen) atoms. The lowest BCUT2D eigenvalue weighted by atomic mass is 9.99. The van der Waals surface area contributed by atoms with Crippen molar-refractivity contribution >= 4 is 22.8 Å². The van der Waals surface area contributed by atoms with E-state index in [0.717, 1.165) is 22.9 Å². The zero-order valence-electron chi connectivity index (χ0n) is 14.4. The molecule has 0 saturated carbocycles. The molecule has 0 fully saturated rings. The molecule has 0 spiro atoms. The minimum atomic E-state index is -0.771. The lowest BCUT2D eigenvalue weighted by Crippen LogP contribution is -2.39. The number of carbonyl (C=O) groups excluding carboxylic acids is 2. The van der Waals surface area contributed by atoms with Crippen LogP contribution in [0, 0.1) is 5.92 Å². The van der Waals surface area contributed by atoms with Gasteiger partial charge >= 0.3 is 5.97 Å². The molecule has 0 amide bonds. The molecule has 1 aromatic carbocycles. The molecule has 4 N–H and O–H groups in total. The summed E-state index contributed by atoms with van der Waals surface area (Å²) in [6, 6.07) is 6.18. The second-order valence-corrected chi connectivity index (χ2v) is 6.12. The van der Waals surface area contributed by atoms with Gasteiger partial charge in [-0.15, -0.1) is 0 Å². The standard InChI is InChI=1S/C18H25N3O3/c1-4-11(2)16(20)17(22)21-10-12(9-14(19)18(23)24-3)13-7-5-6-8-15(13)21/h5-8,10-11,14,16H,4,9,19-20H2,1-3H3/t11-,14-,16-/m0/s1. The van der Waals surface area contributed by atoms with Crippen LogP contribution in [0.15, 0.2) is 30.5 Å². The first-order valence-corrected chi connectivity index (χ1v) is 8.12. The summed E-state index contributed by atoms with van der Waals surface area (Å²) >= 11 is 0. The molecular formula is C18H25N3O3. The first-order valence-electron chi connectivity index (χ1n) is 8.12. The summed E-state index contributed by atoms with van der Waals surface area (Å²) in [7, 11) is 1.31. The zero-order chi connectivity index (χ0) is 17.9. The molecule has 0 bridgehead atoms. The van der Waals surface area contributed by atoms with Crippen molar-refractivity contribution in [2.24, 2.45) is 17.4 Å². The Labute approximate surface area is 141 Å². The first kappa shape index (κ1) is 18.2. The number of hydrogen-bond acceptors (Lipinski definition) is 5. The fraction of sp³-hybridized carbons (Fsp3) is 0.444. The van der Waals surface area contributed by atoms with Crippen molar-refractivity contribution in [1.29, 1.82) is 0 Å². The number of aromatic nitrogens is 1. The number of para-hydroxylation sites is 1. The predicted molar refractivity (Wildman–Crippen MR) is 93.7 cm³/mol. The molecule has 3 atom stereocenters. The molecule has 6 nitrogen and oxygen atoms in total. The minimum absolute atomic E-state index is 0.0828. The fourth-order valence-electron chi connectivity index (χ4n) is 2.72. The Morgan fingerprint density at radius 3 is 2.54 bits per heavy atom. The summed E-state index contributed by atoms with van der Waals surface area (Å²) in [5, 5.41) is 0.890. The van der Waals surface area contributed by atoms with Crippen LogP contribution >= 0.6 is 0 Å². The Morgan fingerprint density at radius 2 is 1.92 bits per heavy atom. The second-order valence-electron chi connectivity index (χ2n) is 6.12. The number of benzene rings is 1. The van der Waals surface area contributed by atoms with Gasteiger partial charge in [0.25, 0.3) is 0 Å². The van der Waals surface area contributed by atoms with Gasteiger partial charge in [0.2, 0.25) is 5.91 Å². The normalized spacial score (nSPS) is 15.0. The Kier molecular flexibility index (Phi) is 5.75. The smallest absolute Gasteiger partial charge is 0.322 e. The van der Waals surface area contributed by atoms with Gasteiger partial charge in [-0.3, -0.25) is 14.2 Å². The van der Waals surface area contributed by atoms with E-state index in [0.29, 0.717) is 6.42 Å². The van der Waals surface area contributed by atoms with E-state index >= 15 is 0 Å². The number of carbonyl (C=O) groups is 2. The number of fused-ring (bicyclic) bond motifs is 1. The third-order valence-corrected chi connectivity index (χ3v) is 4.52. The van der Waals surface area contributed by atoms with Crippen LogP contribution in [0.25, 0.3) is 10.9 Å². The van der Waals surface area contributed by atoms with Crippen LogP contribution in [-0.2, 0) is 16.0 Å². The number of esters is 1. The summed E-state index contributed by atoms with van der Waals surface area (Å²) in [6.45, 7) is 3.97. The van der Waals surface area contributed by atoms with Gasteiger partial charge in [0.15, 0.2) is 0 Å². The van der Waals surface area contributed by atoms with Crippen LogP contribution in [0.1, 0.15) is 30.6 Å². The number of ether oxygens (including phenoxy) is 1. The highest BCUT2D eigenvalue weighted by Crippen LogP contribution is 2.23. The Balaban J connectivity index is 2.42. The van der Waals surface area contributed by atoms with E-state index in [1.54, 1.807) is 10.8 Å². The van der Waals surface area contributed by atoms with Gasteiger partial charge in [0.1, 0.15) is 6.04 Å². The van der Waals surface area contributed by atoms with Crippen molar-refractivity contribution in [3.8, 4) is 0 Å². The number of nitrogens with zero attached hydrogens (tertiary/aromatic N) is 1. The highest BCUT2D eigenvalue weighted by Gasteiger charge is 2.24. The molecule has 0 aliphatic carbocycles. The van der Waals surface area contributed by atoms with Gasteiger partial charge in [-0.25, -0.2) is 0 Å². The summed E-state index contributed by atoms with van der Waals surface area (Å²) in [5.74, 6) is -0.549. The largest absolute Gasteiger partial charge is 0.468 e. The van der Waals surface area contributed by atoms with Crippen LogP contribution in [0.3, 0.4) is 0 Å². The van der Waals surface area contributed by atoms with Crippen molar-refractivity contribution in [3.63, 3.8) is 0 Å². The maximum absolute atomic E-state index is 12.8.